The van der Waals surface area contributed by atoms with Crippen LogP contribution in [-0.2, 0) is 6.54 Å². The van der Waals surface area contributed by atoms with E-state index in [-0.39, 0.29) is 5.84 Å². The van der Waals surface area contributed by atoms with Gasteiger partial charge in [0.15, 0.2) is 5.84 Å². The summed E-state index contributed by atoms with van der Waals surface area (Å²) < 4.78 is 0. The van der Waals surface area contributed by atoms with E-state index < -0.39 is 0 Å². The van der Waals surface area contributed by atoms with Crippen LogP contribution < -0.4 is 11.1 Å². The number of rotatable bonds is 4. The van der Waals surface area contributed by atoms with Crippen LogP contribution in [0.25, 0.3) is 0 Å². The monoisotopic (exact) mass is 249 g/mol. The van der Waals surface area contributed by atoms with Crippen LogP contribution in [0.1, 0.15) is 17.7 Å². The van der Waals surface area contributed by atoms with Crippen molar-refractivity contribution in [2.45, 2.75) is 19.0 Å². The van der Waals surface area contributed by atoms with Crippen molar-refractivity contribution in [3.8, 4) is 0 Å². The second-order valence-electron chi connectivity index (χ2n) is 4.63. The fourth-order valence-corrected chi connectivity index (χ4v) is 2.22. The van der Waals surface area contributed by atoms with Gasteiger partial charge in [0.05, 0.1) is 0 Å². The van der Waals surface area contributed by atoms with Crippen molar-refractivity contribution in [3.63, 3.8) is 0 Å². The molecule has 0 spiro atoms. The topological polar surface area (TPSA) is 86.8 Å². The van der Waals surface area contributed by atoms with Crippen molar-refractivity contribution in [2.24, 2.45) is 10.9 Å². The Bertz CT molecular complexity index is 434. The number of amidine groups is 1. The molecule has 98 valence electrons. The number of hydrogen-bond acceptors (Lipinski definition) is 5. The molecule has 0 aliphatic carbocycles. The highest BCUT2D eigenvalue weighted by molar-refractivity contribution is 5.96. The second-order valence-corrected chi connectivity index (χ2v) is 4.63. The lowest BCUT2D eigenvalue weighted by atomic mass is 10.1. The van der Waals surface area contributed by atoms with Crippen molar-refractivity contribution in [3.05, 3.63) is 29.6 Å². The minimum atomic E-state index is 0.0518. The lowest BCUT2D eigenvalue weighted by Crippen LogP contribution is -2.32. The maximum Gasteiger partial charge on any atom is 0.189 e. The molecule has 0 aromatic carbocycles. The average Bonchev–Trinajstić information content (AvgIpc) is 2.81. The van der Waals surface area contributed by atoms with Gasteiger partial charge in [0, 0.05) is 25.3 Å². The molecule has 0 saturated carbocycles. The normalized spacial score (nSPS) is 21.4. The van der Waals surface area contributed by atoms with Gasteiger partial charge in [0.25, 0.3) is 0 Å². The Balaban J connectivity index is 2.01. The zero-order chi connectivity index (χ0) is 13.0. The van der Waals surface area contributed by atoms with Crippen LogP contribution in [0.4, 0.5) is 0 Å². The number of aromatic nitrogens is 1. The minimum Gasteiger partial charge on any atom is -0.409 e. The molecule has 18 heavy (non-hydrogen) atoms. The fourth-order valence-electron chi connectivity index (χ4n) is 2.22. The predicted octanol–water partition coefficient (Wildman–Crippen LogP) is -0.0302. The van der Waals surface area contributed by atoms with Crippen molar-refractivity contribution >= 4 is 5.84 Å². The summed E-state index contributed by atoms with van der Waals surface area (Å²) in [6, 6.07) is 4.29. The van der Waals surface area contributed by atoms with E-state index in [0.717, 1.165) is 25.1 Å². The van der Waals surface area contributed by atoms with E-state index in [4.69, 9.17) is 10.9 Å². The highest BCUT2D eigenvalue weighted by atomic mass is 16.4. The molecule has 6 heteroatoms. The van der Waals surface area contributed by atoms with Gasteiger partial charge in [0.1, 0.15) is 5.69 Å². The number of likely N-dealkylation sites (N-methyl/N-ethyl adjacent to an activating group) is 1. The second kappa shape index (κ2) is 5.79. The van der Waals surface area contributed by atoms with E-state index in [0.29, 0.717) is 18.3 Å². The molecule has 0 bridgehead atoms. The van der Waals surface area contributed by atoms with Gasteiger partial charge in [-0.05, 0) is 31.6 Å². The first-order chi connectivity index (χ1) is 8.70. The highest BCUT2D eigenvalue weighted by Gasteiger charge is 2.19. The fraction of sp³-hybridized carbons (Fsp3) is 0.500. The quantitative estimate of drug-likeness (QED) is 0.302. The van der Waals surface area contributed by atoms with E-state index >= 15 is 0 Å². The first-order valence-corrected chi connectivity index (χ1v) is 6.04. The molecule has 1 aliphatic rings. The Morgan fingerprint density at radius 1 is 1.72 bits per heavy atom. The highest BCUT2D eigenvalue weighted by Crippen LogP contribution is 2.09. The number of nitrogens with one attached hydrogen (secondary N) is 1. The van der Waals surface area contributed by atoms with Crippen LogP contribution in [0.3, 0.4) is 0 Å². The van der Waals surface area contributed by atoms with E-state index in [9.17, 15) is 0 Å². The minimum absolute atomic E-state index is 0.0518. The molecule has 1 fully saturated rings. The summed E-state index contributed by atoms with van der Waals surface area (Å²) in [6.45, 7) is 2.86. The van der Waals surface area contributed by atoms with Gasteiger partial charge in [-0.2, -0.15) is 0 Å². The summed E-state index contributed by atoms with van der Waals surface area (Å²) in [5.41, 5.74) is 7.09. The zero-order valence-corrected chi connectivity index (χ0v) is 10.5. The first-order valence-electron chi connectivity index (χ1n) is 6.04. The van der Waals surface area contributed by atoms with E-state index in [1.54, 1.807) is 6.20 Å². The Kier molecular flexibility index (Phi) is 4.11. The van der Waals surface area contributed by atoms with Crippen LogP contribution in [0.15, 0.2) is 23.5 Å². The number of likely N-dealkylation sites (tertiary alicyclic amines) is 1. The lowest BCUT2D eigenvalue weighted by molar-refractivity contribution is 0.318. The largest absolute Gasteiger partial charge is 0.409 e. The van der Waals surface area contributed by atoms with E-state index in [1.165, 1.54) is 0 Å². The third kappa shape index (κ3) is 2.96. The van der Waals surface area contributed by atoms with E-state index in [2.05, 4.69) is 27.4 Å². The van der Waals surface area contributed by atoms with Gasteiger partial charge in [0.2, 0.25) is 0 Å². The number of hydrogen-bond donors (Lipinski definition) is 3. The third-order valence-corrected chi connectivity index (χ3v) is 3.21. The van der Waals surface area contributed by atoms with Gasteiger partial charge in [-0.15, -0.1) is 0 Å². The molecule has 1 unspecified atom stereocenters. The number of pyridine rings is 1. The van der Waals surface area contributed by atoms with E-state index in [1.807, 2.05) is 12.1 Å². The SMILES string of the molecule is CN1CCC(NCc2cccnc2C(N)=NO)C1. The van der Waals surface area contributed by atoms with Gasteiger partial charge < -0.3 is 21.2 Å². The number of nitrogens with zero attached hydrogens (tertiary/aromatic N) is 3. The van der Waals surface area contributed by atoms with Crippen molar-refractivity contribution in [2.75, 3.05) is 20.1 Å². The van der Waals surface area contributed by atoms with Gasteiger partial charge in [-0.1, -0.05) is 11.2 Å². The average molecular weight is 249 g/mol. The van der Waals surface area contributed by atoms with Gasteiger partial charge in [-0.3, -0.25) is 4.98 Å². The summed E-state index contributed by atoms with van der Waals surface area (Å²) in [6.07, 6.45) is 2.79. The van der Waals surface area contributed by atoms with Crippen LogP contribution in [0.5, 0.6) is 0 Å². The predicted molar refractivity (Wildman–Crippen MR) is 69.5 cm³/mol. The molecular weight excluding hydrogens is 230 g/mol. The number of oxime groups is 1. The number of nitrogens with two attached hydrogens (primary N) is 1. The maximum absolute atomic E-state index is 8.72. The molecule has 2 heterocycles. The van der Waals surface area contributed by atoms with Gasteiger partial charge >= 0.3 is 0 Å². The van der Waals surface area contributed by atoms with Crippen LogP contribution >= 0.6 is 0 Å². The first kappa shape index (κ1) is 12.8. The Morgan fingerprint density at radius 2 is 2.56 bits per heavy atom. The summed E-state index contributed by atoms with van der Waals surface area (Å²) in [7, 11) is 2.12. The summed E-state index contributed by atoms with van der Waals surface area (Å²) >= 11 is 0. The molecule has 0 radical (unpaired) electrons. The molecule has 6 nitrogen and oxygen atoms in total. The molecule has 2 rings (SSSR count). The Hall–Kier alpha value is -1.66. The van der Waals surface area contributed by atoms with Crippen LogP contribution in [0, 0.1) is 0 Å². The van der Waals surface area contributed by atoms with Crippen LogP contribution in [-0.4, -0.2) is 47.1 Å². The summed E-state index contributed by atoms with van der Waals surface area (Å²) in [5, 5.41) is 15.2. The zero-order valence-electron chi connectivity index (χ0n) is 10.5. The molecule has 1 atom stereocenters. The summed E-state index contributed by atoms with van der Waals surface area (Å²) in [5.74, 6) is 0.0518. The van der Waals surface area contributed by atoms with Gasteiger partial charge in [-0.25, -0.2) is 0 Å². The smallest absolute Gasteiger partial charge is 0.189 e. The van der Waals surface area contributed by atoms with Crippen molar-refractivity contribution in [1.82, 2.24) is 15.2 Å². The van der Waals surface area contributed by atoms with Crippen molar-refractivity contribution in [1.29, 1.82) is 0 Å². The molecule has 1 aromatic rings. The maximum atomic E-state index is 8.72. The molecule has 1 saturated heterocycles. The third-order valence-electron chi connectivity index (χ3n) is 3.21. The molecule has 0 amide bonds. The molecule has 1 aromatic heterocycles. The summed E-state index contributed by atoms with van der Waals surface area (Å²) in [4.78, 5) is 6.44. The van der Waals surface area contributed by atoms with Crippen molar-refractivity contribution < 1.29 is 5.21 Å². The molecular formula is C12H19N5O. The molecule has 1 aliphatic heterocycles. The van der Waals surface area contributed by atoms with Crippen LogP contribution in [0.2, 0.25) is 0 Å². The lowest BCUT2D eigenvalue weighted by Gasteiger charge is -2.14. The Labute approximate surface area is 106 Å². The molecule has 4 N–H and O–H groups in total. The standard InChI is InChI=1S/C12H19N5O/c1-17-6-4-10(8-17)15-7-9-3-2-5-14-11(9)12(13)16-18/h2-3,5,10,15,18H,4,6-8H2,1H3,(H2,13,16). The Morgan fingerprint density at radius 3 is 3.22 bits per heavy atom.